The molecular weight excluding hydrogens is 244 g/mol. The zero-order chi connectivity index (χ0) is 13.9. The summed E-state index contributed by atoms with van der Waals surface area (Å²) >= 11 is 0. The third-order valence-electron chi connectivity index (χ3n) is 2.48. The predicted octanol–water partition coefficient (Wildman–Crippen LogP) is 1.05. The van der Waals surface area contributed by atoms with E-state index in [1.165, 1.54) is 0 Å². The molecule has 0 spiro atoms. The Morgan fingerprint density at radius 1 is 1.26 bits per heavy atom. The van der Waals surface area contributed by atoms with Gasteiger partial charge in [0.1, 0.15) is 5.75 Å². The number of amides is 1. The van der Waals surface area contributed by atoms with Gasteiger partial charge in [0.15, 0.2) is 0 Å². The van der Waals surface area contributed by atoms with Gasteiger partial charge in [0.2, 0.25) is 0 Å². The van der Waals surface area contributed by atoms with Crippen LogP contribution in [-0.2, 0) is 4.74 Å². The average Bonchev–Trinajstić information content (AvgIpc) is 2.43. The molecule has 106 valence electrons. The summed E-state index contributed by atoms with van der Waals surface area (Å²) in [6.07, 6.45) is 0. The fourth-order valence-electron chi connectivity index (χ4n) is 1.56. The molecule has 0 aromatic heterocycles. The molecule has 0 radical (unpaired) electrons. The predicted molar refractivity (Wildman–Crippen MR) is 74.7 cm³/mol. The first-order valence-electron chi connectivity index (χ1n) is 6.48. The van der Waals surface area contributed by atoms with E-state index in [4.69, 9.17) is 9.47 Å². The van der Waals surface area contributed by atoms with Gasteiger partial charge in [-0.3, -0.25) is 4.79 Å². The van der Waals surface area contributed by atoms with Crippen LogP contribution in [0.1, 0.15) is 17.3 Å². The molecule has 0 aliphatic carbocycles. The Bertz CT molecular complexity index is 383. The van der Waals surface area contributed by atoms with Crippen molar-refractivity contribution >= 4 is 5.91 Å². The summed E-state index contributed by atoms with van der Waals surface area (Å²) < 4.78 is 10.3. The number of ether oxygens (including phenoxy) is 2. The third-order valence-corrected chi connectivity index (χ3v) is 2.48. The highest BCUT2D eigenvalue weighted by atomic mass is 16.5. The summed E-state index contributed by atoms with van der Waals surface area (Å²) in [7, 11) is 1.66. The normalized spacial score (nSPS) is 10.2. The van der Waals surface area contributed by atoms with Crippen LogP contribution < -0.4 is 15.4 Å². The van der Waals surface area contributed by atoms with Crippen molar-refractivity contribution in [1.29, 1.82) is 0 Å². The second kappa shape index (κ2) is 9.35. The molecule has 1 aromatic carbocycles. The Kier molecular flexibility index (Phi) is 7.62. The van der Waals surface area contributed by atoms with E-state index in [0.29, 0.717) is 31.1 Å². The molecular formula is C14H22N2O3. The largest absolute Gasteiger partial charge is 0.494 e. The van der Waals surface area contributed by atoms with E-state index < -0.39 is 0 Å². The van der Waals surface area contributed by atoms with Gasteiger partial charge in [0.05, 0.1) is 13.2 Å². The molecule has 0 aliphatic heterocycles. The number of benzene rings is 1. The Morgan fingerprint density at radius 2 is 2.11 bits per heavy atom. The lowest BCUT2D eigenvalue weighted by molar-refractivity contribution is 0.0953. The zero-order valence-corrected chi connectivity index (χ0v) is 11.6. The molecule has 5 nitrogen and oxygen atoms in total. The van der Waals surface area contributed by atoms with Crippen molar-refractivity contribution in [1.82, 2.24) is 10.6 Å². The number of hydrogen-bond acceptors (Lipinski definition) is 4. The number of nitrogens with one attached hydrogen (secondary N) is 2. The molecule has 1 aromatic rings. The minimum Gasteiger partial charge on any atom is -0.494 e. The van der Waals surface area contributed by atoms with Crippen molar-refractivity contribution in [2.45, 2.75) is 6.92 Å². The molecule has 0 saturated heterocycles. The molecule has 5 heteroatoms. The maximum Gasteiger partial charge on any atom is 0.251 e. The van der Waals surface area contributed by atoms with Crippen LogP contribution in [0.2, 0.25) is 0 Å². The van der Waals surface area contributed by atoms with Gasteiger partial charge in [0, 0.05) is 32.3 Å². The Labute approximate surface area is 114 Å². The van der Waals surface area contributed by atoms with E-state index in [2.05, 4.69) is 10.6 Å². The summed E-state index contributed by atoms with van der Waals surface area (Å²) in [5.74, 6) is 0.628. The Hall–Kier alpha value is -1.59. The van der Waals surface area contributed by atoms with Gasteiger partial charge in [-0.25, -0.2) is 0 Å². The second-order valence-corrected chi connectivity index (χ2v) is 3.96. The van der Waals surface area contributed by atoms with Crippen LogP contribution in [-0.4, -0.2) is 45.9 Å². The third kappa shape index (κ3) is 6.22. The van der Waals surface area contributed by atoms with Crippen LogP contribution in [0.4, 0.5) is 0 Å². The van der Waals surface area contributed by atoms with Gasteiger partial charge in [-0.1, -0.05) is 6.07 Å². The number of carbonyl (C=O) groups is 1. The van der Waals surface area contributed by atoms with E-state index in [9.17, 15) is 4.79 Å². The van der Waals surface area contributed by atoms with Crippen molar-refractivity contribution in [3.05, 3.63) is 29.8 Å². The summed E-state index contributed by atoms with van der Waals surface area (Å²) in [4.78, 5) is 11.9. The van der Waals surface area contributed by atoms with Gasteiger partial charge in [-0.05, 0) is 25.1 Å². The molecule has 0 aliphatic rings. The molecule has 0 atom stereocenters. The fraction of sp³-hybridized carbons (Fsp3) is 0.500. The topological polar surface area (TPSA) is 59.6 Å². The summed E-state index contributed by atoms with van der Waals surface area (Å²) in [6, 6.07) is 7.18. The minimum atomic E-state index is -0.0879. The Morgan fingerprint density at radius 3 is 2.84 bits per heavy atom. The zero-order valence-electron chi connectivity index (χ0n) is 11.6. The molecule has 0 saturated carbocycles. The van der Waals surface area contributed by atoms with Crippen LogP contribution in [0.3, 0.4) is 0 Å². The molecule has 0 bridgehead atoms. The van der Waals surface area contributed by atoms with Crippen molar-refractivity contribution in [3.63, 3.8) is 0 Å². The second-order valence-electron chi connectivity index (χ2n) is 3.96. The van der Waals surface area contributed by atoms with Gasteiger partial charge in [-0.2, -0.15) is 0 Å². The van der Waals surface area contributed by atoms with Crippen molar-refractivity contribution < 1.29 is 14.3 Å². The van der Waals surface area contributed by atoms with E-state index in [1.807, 2.05) is 19.1 Å². The maximum atomic E-state index is 11.9. The SMILES string of the molecule is CCOc1cccc(C(=O)NCCNCCOC)c1. The lowest BCUT2D eigenvalue weighted by atomic mass is 10.2. The number of methoxy groups -OCH3 is 1. The molecule has 1 rings (SSSR count). The first-order valence-corrected chi connectivity index (χ1v) is 6.48. The highest BCUT2D eigenvalue weighted by molar-refractivity contribution is 5.94. The van der Waals surface area contributed by atoms with Crippen LogP contribution in [0, 0.1) is 0 Å². The van der Waals surface area contributed by atoms with Crippen molar-refractivity contribution in [3.8, 4) is 5.75 Å². The monoisotopic (exact) mass is 266 g/mol. The summed E-state index contributed by atoms with van der Waals surface area (Å²) in [5, 5.41) is 6.01. The minimum absolute atomic E-state index is 0.0879. The first-order chi connectivity index (χ1) is 9.27. The smallest absolute Gasteiger partial charge is 0.251 e. The fourth-order valence-corrected chi connectivity index (χ4v) is 1.56. The molecule has 0 fully saturated rings. The highest BCUT2D eigenvalue weighted by Crippen LogP contribution is 2.12. The number of hydrogen-bond donors (Lipinski definition) is 2. The van der Waals surface area contributed by atoms with Gasteiger partial charge in [0.25, 0.3) is 5.91 Å². The Balaban J connectivity index is 2.30. The lowest BCUT2D eigenvalue weighted by Crippen LogP contribution is -2.33. The standard InChI is InChI=1S/C14H22N2O3/c1-3-19-13-6-4-5-12(11-13)14(17)16-8-7-15-9-10-18-2/h4-6,11,15H,3,7-10H2,1-2H3,(H,16,17). The van der Waals surface area contributed by atoms with Gasteiger partial charge < -0.3 is 20.1 Å². The lowest BCUT2D eigenvalue weighted by Gasteiger charge is -2.08. The van der Waals surface area contributed by atoms with Crippen LogP contribution >= 0.6 is 0 Å². The number of carbonyl (C=O) groups excluding carboxylic acids is 1. The van der Waals surface area contributed by atoms with E-state index >= 15 is 0 Å². The van der Waals surface area contributed by atoms with Gasteiger partial charge >= 0.3 is 0 Å². The van der Waals surface area contributed by atoms with Crippen molar-refractivity contribution in [2.75, 3.05) is 40.0 Å². The highest BCUT2D eigenvalue weighted by Gasteiger charge is 2.05. The average molecular weight is 266 g/mol. The first kappa shape index (κ1) is 15.5. The number of rotatable bonds is 9. The van der Waals surface area contributed by atoms with E-state index in [1.54, 1.807) is 19.2 Å². The van der Waals surface area contributed by atoms with Gasteiger partial charge in [-0.15, -0.1) is 0 Å². The van der Waals surface area contributed by atoms with E-state index in [-0.39, 0.29) is 5.91 Å². The van der Waals surface area contributed by atoms with Crippen LogP contribution in [0.15, 0.2) is 24.3 Å². The summed E-state index contributed by atoms with van der Waals surface area (Å²) in [5.41, 5.74) is 0.614. The molecule has 19 heavy (non-hydrogen) atoms. The maximum absolute atomic E-state index is 11.9. The molecule has 2 N–H and O–H groups in total. The summed E-state index contributed by atoms with van der Waals surface area (Å²) in [6.45, 7) is 5.27. The van der Waals surface area contributed by atoms with Crippen LogP contribution in [0.5, 0.6) is 5.75 Å². The molecule has 0 heterocycles. The van der Waals surface area contributed by atoms with Crippen LogP contribution in [0.25, 0.3) is 0 Å². The van der Waals surface area contributed by atoms with Crippen molar-refractivity contribution in [2.24, 2.45) is 0 Å². The van der Waals surface area contributed by atoms with E-state index in [0.717, 1.165) is 13.1 Å². The quantitative estimate of drug-likeness (QED) is 0.656. The molecule has 0 unspecified atom stereocenters. The molecule has 1 amide bonds.